The van der Waals surface area contributed by atoms with Crippen LogP contribution in [0.2, 0.25) is 0 Å². The number of carbonyl (C=O) groups excluding carboxylic acids is 3. The predicted octanol–water partition coefficient (Wildman–Crippen LogP) is 3.08. The van der Waals surface area contributed by atoms with E-state index in [4.69, 9.17) is 0 Å². The van der Waals surface area contributed by atoms with E-state index < -0.39 is 6.04 Å². The SMILES string of the molecule is C.C[C@H](NC(=O)c1cc2ccccc2[nH]1)C(=O)NCC1C2CC2CN1C(=O)c1nc2ccccc2[nH]1. The molecular formula is C27H30N6O3. The molecule has 3 heterocycles. The summed E-state index contributed by atoms with van der Waals surface area (Å²) in [6.07, 6.45) is 1.07. The van der Waals surface area contributed by atoms with Crippen LogP contribution in [0.5, 0.6) is 0 Å². The molecule has 0 spiro atoms. The molecule has 3 amide bonds. The summed E-state index contributed by atoms with van der Waals surface area (Å²) in [5.41, 5.74) is 2.85. The zero-order valence-electron chi connectivity index (χ0n) is 19.2. The average molecular weight is 487 g/mol. The molecule has 2 aromatic carbocycles. The van der Waals surface area contributed by atoms with E-state index >= 15 is 0 Å². The van der Waals surface area contributed by atoms with Gasteiger partial charge < -0.3 is 25.5 Å². The van der Waals surface area contributed by atoms with Gasteiger partial charge in [-0.2, -0.15) is 0 Å². The van der Waals surface area contributed by atoms with Crippen LogP contribution in [0.1, 0.15) is 41.9 Å². The molecule has 1 aliphatic heterocycles. The standard InChI is InChI=1S/C26H26N6O3.CH4/c1-14(28-25(34)21-11-15-6-2-3-7-18(15)29-21)24(33)27-12-22-17-10-16(17)13-32(22)26(35)23-30-19-8-4-5-9-20(19)31-23;/h2-9,11,14,16-17,22,29H,10,12-13H2,1H3,(H,27,33)(H,28,34)(H,30,31);1H4/t14-,16?,17?,22?;/m0./s1. The monoisotopic (exact) mass is 486 g/mol. The van der Waals surface area contributed by atoms with Crippen LogP contribution in [0.3, 0.4) is 0 Å². The predicted molar refractivity (Wildman–Crippen MR) is 137 cm³/mol. The molecule has 0 bridgehead atoms. The molecule has 4 atom stereocenters. The molecule has 4 N–H and O–H groups in total. The average Bonchev–Trinajstić information content (AvgIpc) is 3.22. The van der Waals surface area contributed by atoms with Crippen LogP contribution in [0, 0.1) is 11.8 Å². The first kappa shape index (κ1) is 23.6. The lowest BCUT2D eigenvalue weighted by molar-refractivity contribution is -0.122. The highest BCUT2D eigenvalue weighted by Gasteiger charge is 2.54. The van der Waals surface area contributed by atoms with Crippen molar-refractivity contribution >= 4 is 39.7 Å². The molecule has 36 heavy (non-hydrogen) atoms. The van der Waals surface area contributed by atoms with E-state index in [9.17, 15) is 14.4 Å². The molecule has 6 rings (SSSR count). The molecule has 3 unspecified atom stereocenters. The number of carbonyl (C=O) groups is 3. The van der Waals surface area contributed by atoms with E-state index in [0.717, 1.165) is 28.4 Å². The van der Waals surface area contributed by atoms with Gasteiger partial charge in [-0.15, -0.1) is 0 Å². The molecule has 1 saturated carbocycles. The molecule has 0 radical (unpaired) electrons. The normalized spacial score (nSPS) is 21.0. The Morgan fingerprint density at radius 2 is 1.83 bits per heavy atom. The van der Waals surface area contributed by atoms with Gasteiger partial charge in [-0.1, -0.05) is 37.8 Å². The van der Waals surface area contributed by atoms with Gasteiger partial charge in [0.2, 0.25) is 5.91 Å². The smallest absolute Gasteiger partial charge is 0.290 e. The number of aromatic amines is 2. The van der Waals surface area contributed by atoms with Crippen LogP contribution >= 0.6 is 0 Å². The first-order chi connectivity index (χ1) is 17.0. The lowest BCUT2D eigenvalue weighted by Crippen LogP contribution is -2.50. The summed E-state index contributed by atoms with van der Waals surface area (Å²) in [6, 6.07) is 16.1. The van der Waals surface area contributed by atoms with Gasteiger partial charge >= 0.3 is 0 Å². The number of hydrogen-bond acceptors (Lipinski definition) is 4. The minimum Gasteiger partial charge on any atom is -0.352 e. The van der Waals surface area contributed by atoms with Gasteiger partial charge in [-0.05, 0) is 49.4 Å². The number of H-pyrrole nitrogens is 2. The highest BCUT2D eigenvalue weighted by atomic mass is 16.2. The van der Waals surface area contributed by atoms with Crippen LogP contribution in [-0.2, 0) is 4.79 Å². The topological polar surface area (TPSA) is 123 Å². The summed E-state index contributed by atoms with van der Waals surface area (Å²) < 4.78 is 0. The zero-order valence-corrected chi connectivity index (χ0v) is 19.2. The first-order valence-corrected chi connectivity index (χ1v) is 11.9. The summed E-state index contributed by atoms with van der Waals surface area (Å²) >= 11 is 0. The van der Waals surface area contributed by atoms with E-state index in [1.807, 2.05) is 53.4 Å². The maximum Gasteiger partial charge on any atom is 0.290 e. The van der Waals surface area contributed by atoms with Crippen molar-refractivity contribution in [2.24, 2.45) is 11.8 Å². The van der Waals surface area contributed by atoms with Gasteiger partial charge in [0.1, 0.15) is 11.7 Å². The van der Waals surface area contributed by atoms with E-state index in [2.05, 4.69) is 25.6 Å². The summed E-state index contributed by atoms with van der Waals surface area (Å²) in [4.78, 5) is 51.1. The zero-order chi connectivity index (χ0) is 24.1. The van der Waals surface area contributed by atoms with Gasteiger partial charge in [0.25, 0.3) is 11.8 Å². The second-order valence-corrected chi connectivity index (χ2v) is 9.50. The van der Waals surface area contributed by atoms with E-state index in [1.54, 1.807) is 13.0 Å². The number of piperidine rings is 1. The van der Waals surface area contributed by atoms with Gasteiger partial charge in [0.15, 0.2) is 5.82 Å². The maximum atomic E-state index is 13.2. The molecule has 1 aliphatic carbocycles. The lowest BCUT2D eigenvalue weighted by Gasteiger charge is -2.27. The number of fused-ring (bicyclic) bond motifs is 3. The van der Waals surface area contributed by atoms with Crippen LogP contribution < -0.4 is 10.6 Å². The number of rotatable bonds is 6. The first-order valence-electron chi connectivity index (χ1n) is 11.9. The molecule has 9 heteroatoms. The second-order valence-electron chi connectivity index (χ2n) is 9.50. The quantitative estimate of drug-likeness (QED) is 0.334. The Kier molecular flexibility index (Phi) is 5.99. The molecule has 186 valence electrons. The van der Waals surface area contributed by atoms with Gasteiger partial charge in [-0.25, -0.2) is 4.98 Å². The maximum absolute atomic E-state index is 13.2. The van der Waals surface area contributed by atoms with Crippen LogP contribution in [0.25, 0.3) is 21.9 Å². The summed E-state index contributed by atoms with van der Waals surface area (Å²) in [7, 11) is 0. The number of hydrogen-bond donors (Lipinski definition) is 4. The Hall–Kier alpha value is -4.14. The fraction of sp³-hybridized carbons (Fsp3) is 0.333. The summed E-state index contributed by atoms with van der Waals surface area (Å²) in [5, 5.41) is 6.62. The molecule has 9 nitrogen and oxygen atoms in total. The van der Waals surface area contributed by atoms with E-state index in [0.29, 0.717) is 36.4 Å². The third-order valence-corrected chi connectivity index (χ3v) is 7.16. The number of amides is 3. The van der Waals surface area contributed by atoms with Crippen molar-refractivity contribution in [3.63, 3.8) is 0 Å². The molecule has 2 aliphatic rings. The number of imidazole rings is 1. The fourth-order valence-corrected chi connectivity index (χ4v) is 5.15. The highest BCUT2D eigenvalue weighted by Crippen LogP contribution is 2.49. The number of likely N-dealkylation sites (tertiary alicyclic amines) is 1. The third-order valence-electron chi connectivity index (χ3n) is 7.16. The number of para-hydroxylation sites is 3. The van der Waals surface area contributed by atoms with Crippen molar-refractivity contribution in [2.45, 2.75) is 32.9 Å². The number of nitrogens with zero attached hydrogens (tertiary/aromatic N) is 2. The lowest BCUT2D eigenvalue weighted by atomic mass is 10.1. The molecule has 2 fully saturated rings. The van der Waals surface area contributed by atoms with E-state index in [-0.39, 0.29) is 31.2 Å². The highest BCUT2D eigenvalue weighted by molar-refractivity contribution is 6.00. The Bertz CT molecular complexity index is 1390. The van der Waals surface area contributed by atoms with Crippen molar-refractivity contribution in [1.29, 1.82) is 0 Å². The molecular weight excluding hydrogens is 456 g/mol. The summed E-state index contributed by atoms with van der Waals surface area (Å²) in [6.45, 7) is 2.67. The summed E-state index contributed by atoms with van der Waals surface area (Å²) in [5.74, 6) is 0.420. The van der Waals surface area contributed by atoms with Crippen LogP contribution in [-0.4, -0.2) is 62.7 Å². The Balaban J connectivity index is 0.00000267. The van der Waals surface area contributed by atoms with Gasteiger partial charge in [0.05, 0.1) is 17.1 Å². The number of aromatic nitrogens is 3. The Labute approximate surface area is 208 Å². The fourth-order valence-electron chi connectivity index (χ4n) is 5.15. The Morgan fingerprint density at radius 1 is 1.08 bits per heavy atom. The third kappa shape index (κ3) is 4.21. The van der Waals surface area contributed by atoms with Crippen molar-refractivity contribution in [1.82, 2.24) is 30.5 Å². The number of nitrogens with one attached hydrogen (secondary N) is 4. The van der Waals surface area contributed by atoms with Crippen LogP contribution in [0.15, 0.2) is 54.6 Å². The number of benzene rings is 2. The Morgan fingerprint density at radius 3 is 2.61 bits per heavy atom. The van der Waals surface area contributed by atoms with Crippen molar-refractivity contribution < 1.29 is 14.4 Å². The molecule has 4 aromatic rings. The minimum atomic E-state index is -0.718. The minimum absolute atomic E-state index is 0. The van der Waals surface area contributed by atoms with Gasteiger partial charge in [0, 0.05) is 24.0 Å². The van der Waals surface area contributed by atoms with Crippen molar-refractivity contribution in [3.05, 3.63) is 66.1 Å². The van der Waals surface area contributed by atoms with Crippen molar-refractivity contribution in [3.8, 4) is 0 Å². The van der Waals surface area contributed by atoms with Gasteiger partial charge in [-0.3, -0.25) is 14.4 Å². The van der Waals surface area contributed by atoms with Crippen LogP contribution in [0.4, 0.5) is 0 Å². The largest absolute Gasteiger partial charge is 0.352 e. The molecule has 1 saturated heterocycles. The second kappa shape index (κ2) is 9.14. The van der Waals surface area contributed by atoms with Crippen molar-refractivity contribution in [2.75, 3.05) is 13.1 Å². The molecule has 2 aromatic heterocycles. The van der Waals surface area contributed by atoms with E-state index in [1.165, 1.54) is 0 Å².